The van der Waals surface area contributed by atoms with Crippen LogP contribution in [-0.4, -0.2) is 38.4 Å². The van der Waals surface area contributed by atoms with E-state index in [1.54, 1.807) is 6.92 Å². The number of rotatable bonds is 6. The van der Waals surface area contributed by atoms with Crippen molar-refractivity contribution in [2.75, 3.05) is 18.1 Å². The van der Waals surface area contributed by atoms with Crippen molar-refractivity contribution in [3.05, 3.63) is 0 Å². The highest BCUT2D eigenvalue weighted by Crippen LogP contribution is 2.22. The molecule has 0 amide bonds. The normalized spacial score (nSPS) is 25.9. The molecule has 16 heavy (non-hydrogen) atoms. The Morgan fingerprint density at radius 3 is 2.62 bits per heavy atom. The van der Waals surface area contributed by atoms with E-state index in [9.17, 15) is 13.2 Å². The highest BCUT2D eigenvalue weighted by Gasteiger charge is 2.30. The van der Waals surface area contributed by atoms with Gasteiger partial charge in [-0.1, -0.05) is 13.8 Å². The summed E-state index contributed by atoms with van der Waals surface area (Å²) < 4.78 is 27.8. The fraction of sp³-hybridized carbons (Fsp3) is 0.909. The zero-order valence-corrected chi connectivity index (χ0v) is 10.8. The van der Waals surface area contributed by atoms with Gasteiger partial charge >= 0.3 is 0 Å². The van der Waals surface area contributed by atoms with E-state index >= 15 is 0 Å². The Hall–Kier alpha value is -0.420. The largest absolute Gasteiger partial charge is 0.370 e. The van der Waals surface area contributed by atoms with Gasteiger partial charge in [-0.05, 0) is 18.8 Å². The van der Waals surface area contributed by atoms with E-state index in [-0.39, 0.29) is 29.3 Å². The predicted molar refractivity (Wildman–Crippen MR) is 62.1 cm³/mol. The van der Waals surface area contributed by atoms with Crippen LogP contribution in [0.4, 0.5) is 0 Å². The fourth-order valence-corrected chi connectivity index (χ4v) is 2.73. The van der Waals surface area contributed by atoms with Gasteiger partial charge in [-0.3, -0.25) is 4.79 Å². The van der Waals surface area contributed by atoms with Crippen molar-refractivity contribution in [1.29, 1.82) is 0 Å². The van der Waals surface area contributed by atoms with Crippen molar-refractivity contribution in [1.82, 2.24) is 0 Å². The molecule has 0 aromatic carbocycles. The lowest BCUT2D eigenvalue weighted by Gasteiger charge is -2.12. The van der Waals surface area contributed by atoms with Gasteiger partial charge in [0.05, 0.1) is 5.75 Å². The van der Waals surface area contributed by atoms with Gasteiger partial charge in [0.2, 0.25) is 0 Å². The maximum Gasteiger partial charge on any atom is 0.161 e. The summed E-state index contributed by atoms with van der Waals surface area (Å²) in [6, 6.07) is 0. The Morgan fingerprint density at radius 2 is 2.12 bits per heavy atom. The SMILES string of the molecule is CCS(=O)(=O)CCCC(=O)C1OCCC1C. The molecule has 1 heterocycles. The molecular weight excluding hydrogens is 228 g/mol. The molecule has 1 aliphatic heterocycles. The zero-order valence-electron chi connectivity index (χ0n) is 9.94. The van der Waals surface area contributed by atoms with Crippen LogP contribution in [0.3, 0.4) is 0 Å². The van der Waals surface area contributed by atoms with Crippen LogP contribution in [-0.2, 0) is 19.4 Å². The summed E-state index contributed by atoms with van der Waals surface area (Å²) in [5.74, 6) is 0.583. The van der Waals surface area contributed by atoms with Crippen LogP contribution >= 0.6 is 0 Å². The van der Waals surface area contributed by atoms with Crippen LogP contribution < -0.4 is 0 Å². The van der Waals surface area contributed by atoms with Gasteiger partial charge in [0.25, 0.3) is 0 Å². The molecule has 5 heteroatoms. The van der Waals surface area contributed by atoms with Crippen molar-refractivity contribution < 1.29 is 17.9 Å². The monoisotopic (exact) mass is 248 g/mol. The first-order valence-corrected chi connectivity index (χ1v) is 7.63. The van der Waals surface area contributed by atoms with E-state index in [2.05, 4.69) is 0 Å². The molecule has 94 valence electrons. The third-order valence-electron chi connectivity index (χ3n) is 3.02. The van der Waals surface area contributed by atoms with Gasteiger partial charge in [0, 0.05) is 18.8 Å². The molecule has 1 aliphatic rings. The van der Waals surface area contributed by atoms with Crippen LogP contribution in [0.1, 0.15) is 33.1 Å². The minimum absolute atomic E-state index is 0.0521. The molecule has 2 atom stereocenters. The Morgan fingerprint density at radius 1 is 1.44 bits per heavy atom. The number of Topliss-reactive ketones (excluding diaryl/α,β-unsaturated/α-hetero) is 1. The summed E-state index contributed by atoms with van der Waals surface area (Å²) in [6.07, 6.45) is 1.35. The number of ether oxygens (including phenoxy) is 1. The Balaban J connectivity index is 2.30. The van der Waals surface area contributed by atoms with Crippen molar-refractivity contribution >= 4 is 15.6 Å². The van der Waals surface area contributed by atoms with Gasteiger partial charge in [-0.2, -0.15) is 0 Å². The standard InChI is InChI=1S/C11H20O4S/c1-3-16(13,14)8-4-5-10(12)11-9(2)6-7-15-11/h9,11H,3-8H2,1-2H3. The van der Waals surface area contributed by atoms with Gasteiger partial charge in [-0.15, -0.1) is 0 Å². The van der Waals surface area contributed by atoms with Crippen molar-refractivity contribution in [2.45, 2.75) is 39.2 Å². The molecule has 1 fully saturated rings. The quantitative estimate of drug-likeness (QED) is 0.708. The van der Waals surface area contributed by atoms with Gasteiger partial charge in [0.1, 0.15) is 15.9 Å². The zero-order chi connectivity index (χ0) is 12.2. The van der Waals surface area contributed by atoms with E-state index < -0.39 is 9.84 Å². The maximum absolute atomic E-state index is 11.7. The summed E-state index contributed by atoms with van der Waals surface area (Å²) in [5.41, 5.74) is 0. The molecule has 1 saturated heterocycles. The molecule has 0 radical (unpaired) electrons. The smallest absolute Gasteiger partial charge is 0.161 e. The maximum atomic E-state index is 11.7. The van der Waals surface area contributed by atoms with Gasteiger partial charge < -0.3 is 4.74 Å². The second-order valence-corrected chi connectivity index (χ2v) is 6.84. The van der Waals surface area contributed by atoms with Crippen LogP contribution in [0.15, 0.2) is 0 Å². The third kappa shape index (κ3) is 3.87. The minimum Gasteiger partial charge on any atom is -0.370 e. The molecule has 4 nitrogen and oxygen atoms in total. The summed E-state index contributed by atoms with van der Waals surface area (Å²) in [7, 11) is -2.95. The number of ketones is 1. The molecule has 0 aliphatic carbocycles. The van der Waals surface area contributed by atoms with E-state index in [0.717, 1.165) is 6.42 Å². The van der Waals surface area contributed by atoms with E-state index in [1.807, 2.05) is 6.92 Å². The first kappa shape index (κ1) is 13.6. The minimum atomic E-state index is -2.95. The fourth-order valence-electron chi connectivity index (χ4n) is 1.86. The van der Waals surface area contributed by atoms with Crippen LogP contribution in [0.2, 0.25) is 0 Å². The molecule has 0 aromatic heterocycles. The summed E-state index contributed by atoms with van der Waals surface area (Å²) in [5, 5.41) is 0. The summed E-state index contributed by atoms with van der Waals surface area (Å²) in [4.78, 5) is 11.7. The average molecular weight is 248 g/mol. The number of carbonyl (C=O) groups is 1. The molecule has 0 bridgehead atoms. The van der Waals surface area contributed by atoms with Gasteiger partial charge in [-0.25, -0.2) is 8.42 Å². The van der Waals surface area contributed by atoms with Crippen molar-refractivity contribution in [3.63, 3.8) is 0 Å². The second kappa shape index (κ2) is 5.77. The van der Waals surface area contributed by atoms with Crippen LogP contribution in [0.5, 0.6) is 0 Å². The molecule has 1 rings (SSSR count). The highest BCUT2D eigenvalue weighted by molar-refractivity contribution is 7.91. The molecule has 0 saturated carbocycles. The molecular formula is C11H20O4S. The van der Waals surface area contributed by atoms with E-state index in [0.29, 0.717) is 19.4 Å². The second-order valence-electron chi connectivity index (χ2n) is 4.36. The number of carbonyl (C=O) groups excluding carboxylic acids is 1. The lowest BCUT2D eigenvalue weighted by atomic mass is 9.98. The molecule has 0 N–H and O–H groups in total. The molecule has 0 aromatic rings. The highest BCUT2D eigenvalue weighted by atomic mass is 32.2. The number of hydrogen-bond donors (Lipinski definition) is 0. The van der Waals surface area contributed by atoms with Gasteiger partial charge in [0.15, 0.2) is 5.78 Å². The lowest BCUT2D eigenvalue weighted by Crippen LogP contribution is -2.25. The Bertz CT molecular complexity index is 334. The van der Waals surface area contributed by atoms with E-state index in [1.165, 1.54) is 0 Å². The number of hydrogen-bond acceptors (Lipinski definition) is 4. The van der Waals surface area contributed by atoms with E-state index in [4.69, 9.17) is 4.74 Å². The third-order valence-corrected chi connectivity index (χ3v) is 4.81. The van der Waals surface area contributed by atoms with Crippen LogP contribution in [0.25, 0.3) is 0 Å². The molecule has 0 spiro atoms. The summed E-state index contributed by atoms with van der Waals surface area (Å²) >= 11 is 0. The van der Waals surface area contributed by atoms with Crippen molar-refractivity contribution in [2.24, 2.45) is 5.92 Å². The topological polar surface area (TPSA) is 60.4 Å². The first-order chi connectivity index (χ1) is 7.46. The number of sulfone groups is 1. The van der Waals surface area contributed by atoms with Crippen LogP contribution in [0, 0.1) is 5.92 Å². The Kier molecular flexibility index (Phi) is 4.92. The first-order valence-electron chi connectivity index (χ1n) is 5.81. The summed E-state index contributed by atoms with van der Waals surface area (Å²) in [6.45, 7) is 4.27. The average Bonchev–Trinajstić information content (AvgIpc) is 2.64. The predicted octanol–water partition coefficient (Wildman–Crippen LogP) is 1.20. The Labute approximate surface area is 97.3 Å². The molecule has 2 unspecified atom stereocenters. The lowest BCUT2D eigenvalue weighted by molar-refractivity contribution is -0.129. The van der Waals surface area contributed by atoms with Crippen molar-refractivity contribution in [3.8, 4) is 0 Å².